The van der Waals surface area contributed by atoms with Gasteiger partial charge >= 0.3 is 0 Å². The third-order valence-electron chi connectivity index (χ3n) is 7.19. The zero-order valence-corrected chi connectivity index (χ0v) is 28.7. The van der Waals surface area contributed by atoms with E-state index in [9.17, 15) is 0 Å². The maximum atomic E-state index is 8.53. The van der Waals surface area contributed by atoms with Crippen LogP contribution in [0.4, 0.5) is 0 Å². The van der Waals surface area contributed by atoms with Crippen LogP contribution in [0.25, 0.3) is 54.7 Å². The van der Waals surface area contributed by atoms with Crippen molar-refractivity contribution in [2.75, 3.05) is 0 Å². The molecule has 6 heteroatoms. The van der Waals surface area contributed by atoms with Crippen molar-refractivity contribution in [2.24, 2.45) is 0 Å². The molecule has 0 aliphatic carbocycles. The van der Waals surface area contributed by atoms with Crippen molar-refractivity contribution >= 4 is 43.5 Å². The van der Waals surface area contributed by atoms with E-state index in [-0.39, 0.29) is 31.1 Å². The second-order valence-electron chi connectivity index (χ2n) is 11.9. The fourth-order valence-electron chi connectivity index (χ4n) is 4.89. The fourth-order valence-corrected chi connectivity index (χ4v) is 5.91. The molecule has 0 fully saturated rings. The van der Waals surface area contributed by atoms with Gasteiger partial charge in [-0.2, -0.15) is 0 Å². The van der Waals surface area contributed by atoms with E-state index in [0.717, 1.165) is 42.8 Å². The van der Waals surface area contributed by atoms with Gasteiger partial charge in [-0.25, -0.2) is 4.98 Å². The Kier molecular flexibility index (Phi) is 7.72. The fraction of sp³-hybridized carbons (Fsp3) is 0.237. The molecular weight excluding hydrogens is 739 g/mol. The van der Waals surface area contributed by atoms with Crippen LogP contribution in [0.3, 0.4) is 0 Å². The van der Waals surface area contributed by atoms with Crippen LogP contribution in [-0.2, 0) is 25.5 Å². The Morgan fingerprint density at radius 2 is 1.70 bits per heavy atom. The minimum atomic E-state index is -2.35. The van der Waals surface area contributed by atoms with Crippen molar-refractivity contribution < 1.29 is 30.0 Å². The monoisotopic (exact) mass is 778 g/mol. The number of aryl methyl sites for hydroxylation is 2. The molecule has 0 amide bonds. The molecule has 0 saturated carbocycles. The van der Waals surface area contributed by atoms with Gasteiger partial charge in [0.15, 0.2) is 0 Å². The van der Waals surface area contributed by atoms with E-state index in [1.165, 1.54) is 11.8 Å². The van der Waals surface area contributed by atoms with Crippen LogP contribution in [0.5, 0.6) is 0 Å². The van der Waals surface area contributed by atoms with Crippen LogP contribution >= 0.6 is 11.3 Å². The number of nitrogens with zero attached hydrogens (tertiary/aromatic N) is 3. The van der Waals surface area contributed by atoms with E-state index in [1.807, 2.05) is 55.6 Å². The van der Waals surface area contributed by atoms with Crippen molar-refractivity contribution in [3.05, 3.63) is 113 Å². The topological polar surface area (TPSA) is 51.8 Å². The molecule has 0 bridgehead atoms. The Labute approximate surface area is 282 Å². The summed E-state index contributed by atoms with van der Waals surface area (Å²) in [5, 5.41) is 2.93. The molecule has 44 heavy (non-hydrogen) atoms. The maximum absolute atomic E-state index is 8.53. The van der Waals surface area contributed by atoms with Gasteiger partial charge in [-0.15, -0.1) is 65.4 Å². The van der Waals surface area contributed by atoms with E-state index < -0.39 is 12.7 Å². The molecule has 0 aliphatic heterocycles. The number of rotatable bonds is 3. The predicted octanol–water partition coefficient (Wildman–Crippen LogP) is 10.6. The third kappa shape index (κ3) is 6.25. The van der Waals surface area contributed by atoms with Crippen LogP contribution < -0.4 is 0 Å². The summed E-state index contributed by atoms with van der Waals surface area (Å²) < 4.78 is 39.6. The van der Waals surface area contributed by atoms with Gasteiger partial charge < -0.3 is 14.4 Å². The van der Waals surface area contributed by atoms with Crippen LogP contribution in [0.1, 0.15) is 67.7 Å². The summed E-state index contributed by atoms with van der Waals surface area (Å²) in [5.74, 6) is -1.11. The Morgan fingerprint density at radius 1 is 0.909 bits per heavy atom. The smallest absolute Gasteiger partial charge is 0.148 e. The van der Waals surface area contributed by atoms with Crippen molar-refractivity contribution in [2.45, 2.75) is 59.7 Å². The van der Waals surface area contributed by atoms with Crippen LogP contribution in [-0.4, -0.2) is 15.0 Å². The van der Waals surface area contributed by atoms with E-state index in [2.05, 4.69) is 61.1 Å². The molecule has 4 aromatic heterocycles. The average molecular weight is 778 g/mol. The van der Waals surface area contributed by atoms with Crippen LogP contribution in [0.2, 0.25) is 0 Å². The summed E-state index contributed by atoms with van der Waals surface area (Å²) in [6.45, 7) is 9.48. The molecule has 1 radical (unpaired) electrons. The Hall–Kier alpha value is -3.70. The van der Waals surface area contributed by atoms with Gasteiger partial charge in [0, 0.05) is 48.8 Å². The first-order valence-electron chi connectivity index (χ1n) is 16.2. The molecule has 0 aliphatic rings. The second kappa shape index (κ2) is 12.7. The first kappa shape index (κ1) is 26.7. The Bertz CT molecular complexity index is 2210. The summed E-state index contributed by atoms with van der Waals surface area (Å²) in [5.41, 5.74) is 6.99. The van der Waals surface area contributed by atoms with Crippen LogP contribution in [0, 0.1) is 25.9 Å². The minimum Gasteiger partial charge on any atom is -0.498 e. The maximum Gasteiger partial charge on any atom is 0.148 e. The first-order valence-corrected chi connectivity index (χ1v) is 15.0. The van der Waals surface area contributed by atoms with E-state index in [1.54, 1.807) is 31.3 Å². The predicted molar refractivity (Wildman–Crippen MR) is 180 cm³/mol. The summed E-state index contributed by atoms with van der Waals surface area (Å²) in [4.78, 5) is 13.7. The second-order valence-corrected chi connectivity index (χ2v) is 12.9. The average Bonchev–Trinajstić information content (AvgIpc) is 3.63. The largest absolute Gasteiger partial charge is 0.498 e. The number of hydrogen-bond acceptors (Lipinski definition) is 5. The summed E-state index contributed by atoms with van der Waals surface area (Å²) in [6.07, 6.45) is 3.23. The van der Waals surface area contributed by atoms with Gasteiger partial charge in [0.2, 0.25) is 0 Å². The molecule has 7 rings (SSSR count). The van der Waals surface area contributed by atoms with Gasteiger partial charge in [0.05, 0.1) is 15.3 Å². The van der Waals surface area contributed by atoms with Crippen molar-refractivity contribution in [1.82, 2.24) is 15.0 Å². The zero-order valence-electron chi connectivity index (χ0n) is 29.5. The number of thiazole rings is 1. The third-order valence-corrected chi connectivity index (χ3v) is 8.64. The van der Waals surface area contributed by atoms with Gasteiger partial charge in [0.25, 0.3) is 0 Å². The first-order chi connectivity index (χ1) is 22.1. The molecule has 7 aromatic rings. The summed E-state index contributed by atoms with van der Waals surface area (Å²) in [7, 11) is 0. The number of pyridine rings is 2. The van der Waals surface area contributed by atoms with Gasteiger partial charge in [-0.1, -0.05) is 69.8 Å². The van der Waals surface area contributed by atoms with Crippen LogP contribution in [0.15, 0.2) is 83.5 Å². The molecule has 4 nitrogen and oxygen atoms in total. The standard InChI is InChI=1S/C26H25N2OS.C12H10N.Ir/c1-14(2)19-12-20(27-13-15(19)3)18-9-7-8-16-17-10-11-21-22(24(17)29-23(16)18)28-25(30-21)26(4,5)6;1-10-7-8-12(13-9-10)11-5-3-2-4-6-11;/h7-8,10-14H,1-6H3;2-5,7-9H,1H3;/q2*-1;/i3D3,14D;;. The molecule has 4 heterocycles. The number of furan rings is 1. The Balaban J connectivity index is 0.000000270. The van der Waals surface area contributed by atoms with Gasteiger partial charge in [0.1, 0.15) is 11.1 Å². The Morgan fingerprint density at radius 3 is 2.39 bits per heavy atom. The number of fused-ring (bicyclic) bond motifs is 5. The van der Waals surface area contributed by atoms with E-state index in [4.69, 9.17) is 14.9 Å². The van der Waals surface area contributed by atoms with Crippen molar-refractivity contribution in [3.63, 3.8) is 0 Å². The molecule has 3 aromatic carbocycles. The molecule has 0 spiro atoms. The molecule has 0 unspecified atom stereocenters. The number of hydrogen-bond donors (Lipinski definition) is 0. The SMILES string of the molecule is Cc1ccc(-c2[c-]cccc2)nc1.[2H]C([2H])([2H])c1cnc(-c2[c-]ccc3c2oc2c3ccc3sc(C(C)(C)C)nc32)cc1C([2H])(C)C.[Ir]. The molecule has 0 N–H and O–H groups in total. The summed E-state index contributed by atoms with van der Waals surface area (Å²) in [6, 6.07) is 27.9. The quantitative estimate of drug-likeness (QED) is 0.168. The normalized spacial score (nSPS) is 13.4. The van der Waals surface area contributed by atoms with E-state index >= 15 is 0 Å². The molecular formula is C38H35IrN3OS-2. The molecule has 0 atom stereocenters. The van der Waals surface area contributed by atoms with Crippen molar-refractivity contribution in [1.29, 1.82) is 0 Å². The molecule has 0 saturated heterocycles. The van der Waals surface area contributed by atoms with Gasteiger partial charge in [-0.05, 0) is 53.8 Å². The number of benzene rings is 3. The van der Waals surface area contributed by atoms with E-state index in [0.29, 0.717) is 22.4 Å². The van der Waals surface area contributed by atoms with Crippen molar-refractivity contribution in [3.8, 4) is 22.5 Å². The zero-order chi connectivity index (χ0) is 33.7. The molecule has 225 valence electrons. The summed E-state index contributed by atoms with van der Waals surface area (Å²) >= 11 is 1.67. The number of aromatic nitrogens is 3. The minimum absolute atomic E-state index is 0. The van der Waals surface area contributed by atoms with Gasteiger partial charge in [-0.3, -0.25) is 0 Å².